The molecule has 2 heterocycles. The number of nitrogens with zero attached hydrogens (tertiary/aromatic N) is 3. The van der Waals surface area contributed by atoms with Crippen LogP contribution in [0, 0.1) is 5.92 Å². The van der Waals surface area contributed by atoms with Gasteiger partial charge in [-0.25, -0.2) is 0 Å². The van der Waals surface area contributed by atoms with Crippen LogP contribution in [0.15, 0.2) is 48.8 Å². The van der Waals surface area contributed by atoms with Gasteiger partial charge in [0.2, 0.25) is 0 Å². The van der Waals surface area contributed by atoms with Gasteiger partial charge in [-0.2, -0.15) is 0 Å². The zero-order valence-electron chi connectivity index (χ0n) is 12.5. The first-order valence-electron chi connectivity index (χ1n) is 7.89. The Kier molecular flexibility index (Phi) is 3.29. The van der Waals surface area contributed by atoms with Gasteiger partial charge in [-0.15, -0.1) is 0 Å². The molecule has 0 radical (unpaired) electrons. The first kappa shape index (κ1) is 13.3. The second-order valence-corrected chi connectivity index (χ2v) is 6.07. The number of para-hydroxylation sites is 2. The van der Waals surface area contributed by atoms with Gasteiger partial charge in [0.05, 0.1) is 11.4 Å². The molecule has 0 spiro atoms. The standard InChI is InChI=1S/C18H19N3O/c22-18(15-7-9-19-10-8-15)21-12-11-20(13-14-5-6-14)16-3-1-2-4-17(16)21/h1-4,7-10,14H,5-6,11-13H2. The van der Waals surface area contributed by atoms with Gasteiger partial charge in [-0.05, 0) is 43.0 Å². The number of carbonyl (C=O) groups excluding carboxylic acids is 1. The van der Waals surface area contributed by atoms with Gasteiger partial charge in [0.15, 0.2) is 0 Å². The lowest BCUT2D eigenvalue weighted by atomic mass is 10.1. The fourth-order valence-electron chi connectivity index (χ4n) is 3.08. The van der Waals surface area contributed by atoms with Crippen molar-refractivity contribution in [2.24, 2.45) is 5.92 Å². The predicted octanol–water partition coefficient (Wildman–Crippen LogP) is 2.96. The Balaban J connectivity index is 1.65. The van der Waals surface area contributed by atoms with Gasteiger partial charge in [-0.1, -0.05) is 12.1 Å². The number of aromatic nitrogens is 1. The number of fused-ring (bicyclic) bond motifs is 1. The highest BCUT2D eigenvalue weighted by molar-refractivity contribution is 6.08. The van der Waals surface area contributed by atoms with Crippen molar-refractivity contribution in [1.29, 1.82) is 0 Å². The van der Waals surface area contributed by atoms with E-state index in [1.54, 1.807) is 24.5 Å². The van der Waals surface area contributed by atoms with Crippen molar-refractivity contribution in [3.63, 3.8) is 0 Å². The maximum absolute atomic E-state index is 12.8. The molecular formula is C18H19N3O. The minimum Gasteiger partial charge on any atom is -0.368 e. The number of hydrogen-bond acceptors (Lipinski definition) is 3. The highest BCUT2D eigenvalue weighted by Crippen LogP contribution is 2.37. The summed E-state index contributed by atoms with van der Waals surface area (Å²) in [5.41, 5.74) is 2.90. The van der Waals surface area contributed by atoms with Gasteiger partial charge in [0.1, 0.15) is 0 Å². The molecule has 112 valence electrons. The van der Waals surface area contributed by atoms with E-state index in [1.165, 1.54) is 18.5 Å². The lowest BCUT2D eigenvalue weighted by Crippen LogP contribution is -2.44. The highest BCUT2D eigenvalue weighted by Gasteiger charge is 2.31. The van der Waals surface area contributed by atoms with E-state index in [9.17, 15) is 4.79 Å². The summed E-state index contributed by atoms with van der Waals surface area (Å²) in [7, 11) is 0. The van der Waals surface area contributed by atoms with Crippen LogP contribution in [0.1, 0.15) is 23.2 Å². The van der Waals surface area contributed by atoms with Crippen LogP contribution in [0.4, 0.5) is 11.4 Å². The molecule has 1 aromatic carbocycles. The molecular weight excluding hydrogens is 274 g/mol. The van der Waals surface area contributed by atoms with Crippen molar-refractivity contribution in [2.75, 3.05) is 29.4 Å². The molecule has 4 nitrogen and oxygen atoms in total. The van der Waals surface area contributed by atoms with Crippen LogP contribution in [0.5, 0.6) is 0 Å². The molecule has 0 atom stereocenters. The summed E-state index contributed by atoms with van der Waals surface area (Å²) in [4.78, 5) is 21.1. The second kappa shape index (κ2) is 5.44. The monoisotopic (exact) mass is 293 g/mol. The Morgan fingerprint density at radius 1 is 1.05 bits per heavy atom. The van der Waals surface area contributed by atoms with Gasteiger partial charge in [0, 0.05) is 37.6 Å². The van der Waals surface area contributed by atoms with E-state index in [2.05, 4.69) is 22.0 Å². The molecule has 22 heavy (non-hydrogen) atoms. The SMILES string of the molecule is O=C(c1ccncc1)N1CCN(CC2CC2)c2ccccc21. The molecule has 2 aliphatic rings. The van der Waals surface area contributed by atoms with E-state index in [4.69, 9.17) is 0 Å². The van der Waals surface area contributed by atoms with E-state index in [1.807, 2.05) is 17.0 Å². The fraction of sp³-hybridized carbons (Fsp3) is 0.333. The normalized spacial score (nSPS) is 17.3. The first-order chi connectivity index (χ1) is 10.8. The first-order valence-corrected chi connectivity index (χ1v) is 7.89. The van der Waals surface area contributed by atoms with E-state index >= 15 is 0 Å². The third-order valence-electron chi connectivity index (χ3n) is 4.45. The summed E-state index contributed by atoms with van der Waals surface area (Å²) in [5.74, 6) is 0.899. The molecule has 1 aliphatic carbocycles. The number of hydrogen-bond donors (Lipinski definition) is 0. The van der Waals surface area contributed by atoms with Crippen LogP contribution >= 0.6 is 0 Å². The Hall–Kier alpha value is -2.36. The molecule has 1 amide bonds. The smallest absolute Gasteiger partial charge is 0.258 e. The summed E-state index contributed by atoms with van der Waals surface area (Å²) in [6.45, 7) is 2.77. The second-order valence-electron chi connectivity index (χ2n) is 6.07. The zero-order chi connectivity index (χ0) is 14.9. The van der Waals surface area contributed by atoms with E-state index < -0.39 is 0 Å². The van der Waals surface area contributed by atoms with Gasteiger partial charge in [-0.3, -0.25) is 9.78 Å². The summed E-state index contributed by atoms with van der Waals surface area (Å²) in [5, 5.41) is 0. The summed E-state index contributed by atoms with van der Waals surface area (Å²) >= 11 is 0. The van der Waals surface area contributed by atoms with Crippen molar-refractivity contribution >= 4 is 17.3 Å². The van der Waals surface area contributed by atoms with Crippen molar-refractivity contribution in [2.45, 2.75) is 12.8 Å². The van der Waals surface area contributed by atoms with Crippen LogP contribution < -0.4 is 9.80 Å². The Morgan fingerprint density at radius 2 is 1.77 bits per heavy atom. The minimum atomic E-state index is 0.0564. The number of benzene rings is 1. The number of carbonyl (C=O) groups is 1. The lowest BCUT2D eigenvalue weighted by molar-refractivity contribution is 0.0986. The molecule has 1 aromatic heterocycles. The van der Waals surface area contributed by atoms with Crippen LogP contribution in [0.3, 0.4) is 0 Å². The molecule has 1 saturated carbocycles. The average Bonchev–Trinajstić information content (AvgIpc) is 3.39. The molecule has 1 fully saturated rings. The average molecular weight is 293 g/mol. The van der Waals surface area contributed by atoms with E-state index in [0.29, 0.717) is 5.56 Å². The van der Waals surface area contributed by atoms with Gasteiger partial charge >= 0.3 is 0 Å². The Bertz CT molecular complexity index is 682. The Morgan fingerprint density at radius 3 is 2.50 bits per heavy atom. The number of amides is 1. The zero-order valence-corrected chi connectivity index (χ0v) is 12.5. The third-order valence-corrected chi connectivity index (χ3v) is 4.45. The van der Waals surface area contributed by atoms with Crippen molar-refractivity contribution in [3.8, 4) is 0 Å². The molecule has 0 saturated heterocycles. The predicted molar refractivity (Wildman–Crippen MR) is 87.3 cm³/mol. The maximum Gasteiger partial charge on any atom is 0.258 e. The summed E-state index contributed by atoms with van der Waals surface area (Å²) in [6, 6.07) is 11.8. The van der Waals surface area contributed by atoms with Gasteiger partial charge < -0.3 is 9.80 Å². The van der Waals surface area contributed by atoms with Crippen molar-refractivity contribution in [1.82, 2.24) is 4.98 Å². The minimum absolute atomic E-state index is 0.0564. The molecule has 4 rings (SSSR count). The molecule has 1 aliphatic heterocycles. The van der Waals surface area contributed by atoms with Crippen molar-refractivity contribution < 1.29 is 4.79 Å². The Labute approximate surface area is 130 Å². The quantitative estimate of drug-likeness (QED) is 0.873. The lowest BCUT2D eigenvalue weighted by Gasteiger charge is -2.38. The van der Waals surface area contributed by atoms with Crippen molar-refractivity contribution in [3.05, 3.63) is 54.4 Å². The number of pyridine rings is 1. The fourth-order valence-corrected chi connectivity index (χ4v) is 3.08. The number of anilines is 2. The van der Waals surface area contributed by atoms with Gasteiger partial charge in [0.25, 0.3) is 5.91 Å². The van der Waals surface area contributed by atoms with E-state index in [-0.39, 0.29) is 5.91 Å². The molecule has 2 aromatic rings. The van der Waals surface area contributed by atoms with Crippen LogP contribution in [0.2, 0.25) is 0 Å². The molecule has 0 unspecified atom stereocenters. The van der Waals surface area contributed by atoms with Crippen LogP contribution in [-0.4, -0.2) is 30.5 Å². The molecule has 0 N–H and O–H groups in total. The summed E-state index contributed by atoms with van der Waals surface area (Å²) in [6.07, 6.45) is 6.03. The molecule has 0 bridgehead atoms. The third kappa shape index (κ3) is 2.45. The topological polar surface area (TPSA) is 36.4 Å². The maximum atomic E-state index is 12.8. The van der Waals surface area contributed by atoms with Crippen LogP contribution in [-0.2, 0) is 0 Å². The van der Waals surface area contributed by atoms with E-state index in [0.717, 1.165) is 31.2 Å². The molecule has 4 heteroatoms. The number of rotatable bonds is 3. The largest absolute Gasteiger partial charge is 0.368 e. The highest BCUT2D eigenvalue weighted by atomic mass is 16.2. The summed E-state index contributed by atoms with van der Waals surface area (Å²) < 4.78 is 0. The van der Waals surface area contributed by atoms with Crippen LogP contribution in [0.25, 0.3) is 0 Å².